The molecule has 0 spiro atoms. The Morgan fingerprint density at radius 3 is 2.75 bits per heavy atom. The average Bonchev–Trinajstić information content (AvgIpc) is 2.86. The number of pyridine rings is 1. The summed E-state index contributed by atoms with van der Waals surface area (Å²) in [5.41, 5.74) is 3.41. The number of aryl methyl sites for hydroxylation is 1. The van der Waals surface area contributed by atoms with E-state index in [1.807, 2.05) is 26.2 Å². The van der Waals surface area contributed by atoms with Gasteiger partial charge in [0.25, 0.3) is 0 Å². The largest absolute Gasteiger partial charge is 1.00 e. The minimum absolute atomic E-state index is 0. The number of para-hydroxylation sites is 1. The number of nitrogens with zero attached hydrogens (tertiary/aromatic N) is 2. The molecule has 0 amide bonds. The number of aromatic nitrogens is 1. The Labute approximate surface area is 162 Å². The highest BCUT2D eigenvalue weighted by Gasteiger charge is 2.22. The molecule has 2 aromatic carbocycles. The van der Waals surface area contributed by atoms with E-state index >= 15 is 0 Å². The van der Waals surface area contributed by atoms with Crippen LogP contribution in [0.25, 0.3) is 17.0 Å². The van der Waals surface area contributed by atoms with E-state index < -0.39 is 0 Å². The van der Waals surface area contributed by atoms with Crippen LogP contribution in [-0.4, -0.2) is 7.05 Å². The fraction of sp³-hybridized carbons (Fsp3) is 0.105. The number of hydrogen-bond acceptors (Lipinski definition) is 2. The summed E-state index contributed by atoms with van der Waals surface area (Å²) >= 11 is 1.61. The quantitative estimate of drug-likeness (QED) is 0.409. The lowest BCUT2D eigenvalue weighted by molar-refractivity contribution is -0.644. The molecule has 1 aliphatic heterocycles. The third kappa shape index (κ3) is 2.91. The van der Waals surface area contributed by atoms with Crippen LogP contribution in [0.5, 0.6) is 0 Å². The molecular weight excluding hydrogens is 434 g/mol. The maximum atomic E-state index is 13.4. The standard InChI is InChI=1S/C19H16FN2S.HI/c1-21-10-9-13(15-5-3-4-6-16(15)21)11-19-22(2)17-8-7-14(20)12-18(17)23-19;/h3-12H,1-2H3;1H/q+1;/p-1. The van der Waals surface area contributed by atoms with Crippen molar-refractivity contribution in [3.8, 4) is 0 Å². The van der Waals surface area contributed by atoms with Gasteiger partial charge in [0.05, 0.1) is 16.1 Å². The highest BCUT2D eigenvalue weighted by Crippen LogP contribution is 2.46. The van der Waals surface area contributed by atoms with Crippen LogP contribution in [0.3, 0.4) is 0 Å². The minimum Gasteiger partial charge on any atom is -1.00 e. The summed E-state index contributed by atoms with van der Waals surface area (Å²) in [5, 5.41) is 2.31. The van der Waals surface area contributed by atoms with Crippen LogP contribution in [0, 0.1) is 5.82 Å². The first-order chi connectivity index (χ1) is 11.1. The fourth-order valence-electron chi connectivity index (χ4n) is 2.92. The molecule has 0 unspecified atom stereocenters. The predicted molar refractivity (Wildman–Crippen MR) is 93.8 cm³/mol. The summed E-state index contributed by atoms with van der Waals surface area (Å²) in [7, 11) is 4.07. The summed E-state index contributed by atoms with van der Waals surface area (Å²) in [4.78, 5) is 3.07. The lowest BCUT2D eigenvalue weighted by atomic mass is 10.1. The van der Waals surface area contributed by atoms with Crippen molar-refractivity contribution in [3.63, 3.8) is 0 Å². The highest BCUT2D eigenvalue weighted by molar-refractivity contribution is 8.03. The van der Waals surface area contributed by atoms with Crippen molar-refractivity contribution in [3.05, 3.63) is 71.1 Å². The van der Waals surface area contributed by atoms with Crippen LogP contribution < -0.4 is 33.4 Å². The molecule has 0 N–H and O–H groups in total. The molecule has 0 fully saturated rings. The third-order valence-corrected chi connectivity index (χ3v) is 5.33. The highest BCUT2D eigenvalue weighted by atomic mass is 127. The zero-order valence-corrected chi connectivity index (χ0v) is 16.3. The summed E-state index contributed by atoms with van der Waals surface area (Å²) < 4.78 is 15.6. The lowest BCUT2D eigenvalue weighted by Gasteiger charge is -2.13. The Morgan fingerprint density at radius 2 is 1.92 bits per heavy atom. The van der Waals surface area contributed by atoms with Gasteiger partial charge in [-0.1, -0.05) is 23.9 Å². The zero-order chi connectivity index (χ0) is 16.0. The molecule has 0 atom stereocenters. The van der Waals surface area contributed by atoms with Crippen LogP contribution in [-0.2, 0) is 7.05 Å². The number of hydrogen-bond donors (Lipinski definition) is 0. The molecule has 0 saturated carbocycles. The van der Waals surface area contributed by atoms with Crippen molar-refractivity contribution in [2.24, 2.45) is 7.05 Å². The van der Waals surface area contributed by atoms with E-state index in [9.17, 15) is 4.39 Å². The number of halogens is 2. The molecule has 0 saturated heterocycles. The molecule has 24 heavy (non-hydrogen) atoms. The minimum atomic E-state index is -0.192. The molecule has 2 heterocycles. The lowest BCUT2D eigenvalue weighted by Crippen LogP contribution is -3.00. The second kappa shape index (κ2) is 6.72. The third-order valence-electron chi connectivity index (χ3n) is 4.18. The molecule has 122 valence electrons. The van der Waals surface area contributed by atoms with E-state index in [0.29, 0.717) is 0 Å². The van der Waals surface area contributed by atoms with Crippen molar-refractivity contribution in [1.82, 2.24) is 0 Å². The van der Waals surface area contributed by atoms with Gasteiger partial charge >= 0.3 is 0 Å². The average molecular weight is 450 g/mol. The van der Waals surface area contributed by atoms with E-state index in [2.05, 4.69) is 46.0 Å². The topological polar surface area (TPSA) is 7.12 Å². The summed E-state index contributed by atoms with van der Waals surface area (Å²) in [6, 6.07) is 15.4. The molecular formula is C19H16FIN2S. The van der Waals surface area contributed by atoms with Crippen LogP contribution >= 0.6 is 11.8 Å². The Hall–Kier alpha value is -1.60. The Balaban J connectivity index is 0.00000169. The van der Waals surface area contributed by atoms with Crippen LogP contribution in [0.4, 0.5) is 10.1 Å². The first-order valence-corrected chi connectivity index (χ1v) is 8.25. The molecule has 5 heteroatoms. The van der Waals surface area contributed by atoms with Crippen molar-refractivity contribution in [2.75, 3.05) is 11.9 Å². The fourth-order valence-corrected chi connectivity index (χ4v) is 4.05. The van der Waals surface area contributed by atoms with Crippen molar-refractivity contribution >= 4 is 34.4 Å². The zero-order valence-electron chi connectivity index (χ0n) is 13.3. The summed E-state index contributed by atoms with van der Waals surface area (Å²) in [5.74, 6) is -0.192. The number of thioether (sulfide) groups is 1. The van der Waals surface area contributed by atoms with Crippen molar-refractivity contribution < 1.29 is 32.9 Å². The van der Waals surface area contributed by atoms with Gasteiger partial charge in [-0.15, -0.1) is 0 Å². The molecule has 1 aromatic heterocycles. The Bertz CT molecular complexity index is 955. The van der Waals surface area contributed by atoms with Gasteiger partial charge in [0.1, 0.15) is 12.9 Å². The van der Waals surface area contributed by atoms with E-state index in [4.69, 9.17) is 0 Å². The van der Waals surface area contributed by atoms with Gasteiger partial charge in [-0.2, -0.15) is 0 Å². The Morgan fingerprint density at radius 1 is 1.12 bits per heavy atom. The number of anilines is 1. The van der Waals surface area contributed by atoms with E-state index in [0.717, 1.165) is 15.6 Å². The van der Waals surface area contributed by atoms with Gasteiger partial charge in [-0.05, 0) is 35.9 Å². The SMILES string of the molecule is CN1/C(=C/c2cc[n+](C)c3ccccc23)Sc2cc(F)ccc21.[I-]. The smallest absolute Gasteiger partial charge is 0.212 e. The molecule has 0 bridgehead atoms. The molecule has 0 aliphatic carbocycles. The second-order valence-corrected chi connectivity index (χ2v) is 6.72. The van der Waals surface area contributed by atoms with Gasteiger partial charge in [0, 0.05) is 24.1 Å². The van der Waals surface area contributed by atoms with Gasteiger partial charge in [0.2, 0.25) is 5.52 Å². The number of fused-ring (bicyclic) bond motifs is 2. The Kier molecular flexibility index (Phi) is 4.83. The van der Waals surface area contributed by atoms with E-state index in [1.165, 1.54) is 22.5 Å². The second-order valence-electron chi connectivity index (χ2n) is 5.65. The van der Waals surface area contributed by atoms with Gasteiger partial charge in [-0.25, -0.2) is 8.96 Å². The predicted octanol–water partition coefficient (Wildman–Crippen LogP) is 1.35. The van der Waals surface area contributed by atoms with Gasteiger partial charge in [0.15, 0.2) is 6.20 Å². The molecule has 3 aromatic rings. The van der Waals surface area contributed by atoms with Crippen LogP contribution in [0.15, 0.2) is 64.7 Å². The van der Waals surface area contributed by atoms with Crippen LogP contribution in [0.2, 0.25) is 0 Å². The van der Waals surface area contributed by atoms with E-state index in [-0.39, 0.29) is 29.8 Å². The first-order valence-electron chi connectivity index (χ1n) is 7.44. The summed E-state index contributed by atoms with van der Waals surface area (Å²) in [6.45, 7) is 0. The van der Waals surface area contributed by atoms with Gasteiger partial charge < -0.3 is 28.9 Å². The van der Waals surface area contributed by atoms with Crippen molar-refractivity contribution in [1.29, 1.82) is 0 Å². The summed E-state index contributed by atoms with van der Waals surface area (Å²) in [6.07, 6.45) is 4.24. The molecule has 2 nitrogen and oxygen atoms in total. The maximum absolute atomic E-state index is 13.4. The van der Waals surface area contributed by atoms with E-state index in [1.54, 1.807) is 17.8 Å². The first kappa shape index (κ1) is 17.2. The maximum Gasteiger partial charge on any atom is 0.212 e. The molecule has 0 radical (unpaired) electrons. The normalized spacial score (nSPS) is 14.8. The molecule has 1 aliphatic rings. The monoisotopic (exact) mass is 450 g/mol. The number of benzene rings is 2. The number of rotatable bonds is 1. The van der Waals surface area contributed by atoms with Crippen LogP contribution in [0.1, 0.15) is 5.56 Å². The van der Waals surface area contributed by atoms with Gasteiger partial charge in [-0.3, -0.25) is 0 Å². The van der Waals surface area contributed by atoms with Crippen molar-refractivity contribution in [2.45, 2.75) is 4.90 Å². The molecule has 4 rings (SSSR count).